The van der Waals surface area contributed by atoms with Crippen molar-refractivity contribution in [2.75, 3.05) is 33.4 Å². The van der Waals surface area contributed by atoms with Crippen LogP contribution in [-0.2, 0) is 27.7 Å². The van der Waals surface area contributed by atoms with E-state index in [1.54, 1.807) is 7.11 Å². The lowest BCUT2D eigenvalue weighted by molar-refractivity contribution is -0.214. The summed E-state index contributed by atoms with van der Waals surface area (Å²) in [6.45, 7) is 3.96. The summed E-state index contributed by atoms with van der Waals surface area (Å²) in [4.78, 5) is 2.89. The number of fused-ring (bicyclic) bond motifs is 1. The molecule has 2 aromatic carbocycles. The van der Waals surface area contributed by atoms with Gasteiger partial charge >= 0.3 is 0 Å². The Kier molecular flexibility index (Phi) is 5.09. The van der Waals surface area contributed by atoms with Crippen LogP contribution in [0.15, 0.2) is 48.5 Å². The zero-order valence-electron chi connectivity index (χ0n) is 20.4. The Hall–Kier alpha value is -1.88. The molecular weight excluding hydrogens is 422 g/mol. The topological polar surface area (TPSA) is 30.9 Å². The van der Waals surface area contributed by atoms with Crippen LogP contribution in [0.1, 0.15) is 48.8 Å². The van der Waals surface area contributed by atoms with Gasteiger partial charge in [0.25, 0.3) is 0 Å². The molecule has 180 valence electrons. The number of likely N-dealkylation sites (tertiary alicyclic amines) is 1. The maximum absolute atomic E-state index is 6.29. The molecule has 3 aliphatic carbocycles. The van der Waals surface area contributed by atoms with Crippen molar-refractivity contribution in [3.8, 4) is 5.75 Å². The van der Waals surface area contributed by atoms with Gasteiger partial charge in [0.15, 0.2) is 5.79 Å². The summed E-state index contributed by atoms with van der Waals surface area (Å²) in [6.07, 6.45) is 8.29. The molecule has 2 saturated carbocycles. The van der Waals surface area contributed by atoms with E-state index >= 15 is 0 Å². The molecule has 2 heterocycles. The van der Waals surface area contributed by atoms with Gasteiger partial charge in [0, 0.05) is 30.8 Å². The van der Waals surface area contributed by atoms with Gasteiger partial charge in [-0.15, -0.1) is 0 Å². The Morgan fingerprint density at radius 3 is 2.71 bits per heavy atom. The zero-order chi connectivity index (χ0) is 22.8. The number of nitrogens with zero attached hydrogens (tertiary/aromatic N) is 1. The Morgan fingerprint density at radius 1 is 1.03 bits per heavy atom. The van der Waals surface area contributed by atoms with Gasteiger partial charge in [0.05, 0.1) is 20.3 Å². The van der Waals surface area contributed by atoms with Gasteiger partial charge in [-0.3, -0.25) is 4.90 Å². The van der Waals surface area contributed by atoms with Crippen molar-refractivity contribution < 1.29 is 14.2 Å². The molecule has 0 aromatic heterocycles. The van der Waals surface area contributed by atoms with Crippen LogP contribution in [0.5, 0.6) is 5.75 Å². The Balaban J connectivity index is 1.15. The Morgan fingerprint density at radius 2 is 1.88 bits per heavy atom. The molecule has 7 rings (SSSR count). The molecule has 2 saturated heterocycles. The van der Waals surface area contributed by atoms with E-state index in [-0.39, 0.29) is 11.2 Å². The minimum atomic E-state index is -0.363. The minimum Gasteiger partial charge on any atom is -0.497 e. The van der Waals surface area contributed by atoms with E-state index in [1.165, 1.54) is 61.9 Å². The van der Waals surface area contributed by atoms with E-state index in [2.05, 4.69) is 53.4 Å². The molecule has 0 amide bonds. The minimum absolute atomic E-state index is 0.152. The number of methoxy groups -OCH3 is 1. The SMILES string of the molecule is COc1ccc2c(c1)[C@]13CCN(CC4CC4Cc4ccccc4)[C@H](C2)[C@@H]1CCC1(C3)OCCO1. The number of benzene rings is 2. The van der Waals surface area contributed by atoms with Crippen molar-refractivity contribution in [1.82, 2.24) is 4.90 Å². The van der Waals surface area contributed by atoms with E-state index in [4.69, 9.17) is 14.2 Å². The first-order valence-corrected chi connectivity index (χ1v) is 13.4. The number of rotatable bonds is 5. The van der Waals surface area contributed by atoms with E-state index in [0.29, 0.717) is 12.0 Å². The lowest BCUT2D eigenvalue weighted by Crippen LogP contribution is -2.64. The molecule has 4 heteroatoms. The molecule has 2 bridgehead atoms. The summed E-state index contributed by atoms with van der Waals surface area (Å²) < 4.78 is 18.3. The van der Waals surface area contributed by atoms with Crippen LogP contribution in [0.25, 0.3) is 0 Å². The molecular formula is C30H37NO3. The van der Waals surface area contributed by atoms with Crippen molar-refractivity contribution in [2.45, 2.75) is 62.2 Å². The Labute approximate surface area is 203 Å². The van der Waals surface area contributed by atoms with E-state index in [0.717, 1.165) is 43.6 Å². The molecule has 5 aliphatic rings. The zero-order valence-corrected chi connectivity index (χ0v) is 20.4. The maximum Gasteiger partial charge on any atom is 0.169 e. The highest BCUT2D eigenvalue weighted by Crippen LogP contribution is 2.60. The van der Waals surface area contributed by atoms with Gasteiger partial charge in [-0.25, -0.2) is 0 Å². The predicted molar refractivity (Wildman–Crippen MR) is 132 cm³/mol. The summed E-state index contributed by atoms with van der Waals surface area (Å²) in [7, 11) is 1.79. The lowest BCUT2D eigenvalue weighted by atomic mass is 9.51. The van der Waals surface area contributed by atoms with Gasteiger partial charge in [-0.05, 0) is 85.2 Å². The van der Waals surface area contributed by atoms with Gasteiger partial charge in [-0.2, -0.15) is 0 Å². The number of hydrogen-bond donors (Lipinski definition) is 0. The molecule has 4 fully saturated rings. The summed E-state index contributed by atoms with van der Waals surface area (Å²) in [6, 6.07) is 18.6. The molecule has 1 spiro atoms. The second kappa shape index (κ2) is 8.08. The summed E-state index contributed by atoms with van der Waals surface area (Å²) in [5, 5.41) is 0. The second-order valence-electron chi connectivity index (χ2n) is 11.6. The highest BCUT2D eigenvalue weighted by molar-refractivity contribution is 5.46. The third-order valence-corrected chi connectivity index (χ3v) is 9.88. The van der Waals surface area contributed by atoms with Crippen LogP contribution < -0.4 is 4.74 Å². The van der Waals surface area contributed by atoms with Crippen molar-refractivity contribution in [3.05, 3.63) is 65.2 Å². The van der Waals surface area contributed by atoms with Crippen molar-refractivity contribution in [1.29, 1.82) is 0 Å². The number of hydrogen-bond acceptors (Lipinski definition) is 4. The van der Waals surface area contributed by atoms with Crippen LogP contribution in [0, 0.1) is 17.8 Å². The fourth-order valence-electron chi connectivity index (χ4n) is 8.17. The highest BCUT2D eigenvalue weighted by Gasteiger charge is 2.60. The monoisotopic (exact) mass is 459 g/mol. The molecule has 34 heavy (non-hydrogen) atoms. The normalized spacial score (nSPS) is 35.6. The van der Waals surface area contributed by atoms with Gasteiger partial charge in [-0.1, -0.05) is 36.4 Å². The number of ether oxygens (including phenoxy) is 3. The summed E-state index contributed by atoms with van der Waals surface area (Å²) >= 11 is 0. The quantitative estimate of drug-likeness (QED) is 0.631. The standard InChI is InChI=1S/C30H37NO3/c1-32-25-8-7-22-17-28-26-9-10-30(33-13-14-34-30)20-29(26,27(22)18-25)11-12-31(28)19-24-16-23(24)15-21-5-3-2-4-6-21/h2-8,18,23-24,26,28H,9-17,19-20H2,1H3/t23?,24?,26-,28+,29-/m0/s1. The first-order valence-electron chi connectivity index (χ1n) is 13.4. The smallest absolute Gasteiger partial charge is 0.169 e. The van der Waals surface area contributed by atoms with Crippen LogP contribution in [0.4, 0.5) is 0 Å². The molecule has 2 unspecified atom stereocenters. The van der Waals surface area contributed by atoms with Gasteiger partial charge in [0.1, 0.15) is 5.75 Å². The average Bonchev–Trinajstić information content (AvgIpc) is 3.44. The molecule has 2 aromatic rings. The fraction of sp³-hybridized carbons (Fsp3) is 0.600. The molecule has 2 aliphatic heterocycles. The highest BCUT2D eigenvalue weighted by atomic mass is 16.7. The fourth-order valence-corrected chi connectivity index (χ4v) is 8.17. The molecule has 4 nitrogen and oxygen atoms in total. The largest absolute Gasteiger partial charge is 0.497 e. The van der Waals surface area contributed by atoms with Gasteiger partial charge in [0.2, 0.25) is 0 Å². The second-order valence-corrected chi connectivity index (χ2v) is 11.6. The van der Waals surface area contributed by atoms with E-state index in [9.17, 15) is 0 Å². The molecule has 0 N–H and O–H groups in total. The lowest BCUT2D eigenvalue weighted by Gasteiger charge is -2.61. The third kappa shape index (κ3) is 3.44. The van der Waals surface area contributed by atoms with Crippen LogP contribution in [-0.4, -0.2) is 50.1 Å². The van der Waals surface area contributed by atoms with Crippen molar-refractivity contribution in [2.24, 2.45) is 17.8 Å². The molecule has 5 atom stereocenters. The third-order valence-electron chi connectivity index (χ3n) is 9.88. The van der Waals surface area contributed by atoms with Crippen molar-refractivity contribution in [3.63, 3.8) is 0 Å². The van der Waals surface area contributed by atoms with Crippen LogP contribution in [0.2, 0.25) is 0 Å². The average molecular weight is 460 g/mol. The Bertz CT molecular complexity index is 1050. The van der Waals surface area contributed by atoms with Gasteiger partial charge < -0.3 is 14.2 Å². The van der Waals surface area contributed by atoms with E-state index in [1.807, 2.05) is 0 Å². The number of piperidine rings is 1. The summed E-state index contributed by atoms with van der Waals surface area (Å²) in [5.41, 5.74) is 4.71. The molecule has 0 radical (unpaired) electrons. The van der Waals surface area contributed by atoms with Crippen LogP contribution >= 0.6 is 0 Å². The maximum atomic E-state index is 6.29. The summed E-state index contributed by atoms with van der Waals surface area (Å²) in [5.74, 6) is 3.04. The van der Waals surface area contributed by atoms with Crippen molar-refractivity contribution >= 4 is 0 Å². The van der Waals surface area contributed by atoms with E-state index < -0.39 is 0 Å². The van der Waals surface area contributed by atoms with Crippen LogP contribution in [0.3, 0.4) is 0 Å². The first kappa shape index (κ1) is 21.4. The predicted octanol–water partition coefficient (Wildman–Crippen LogP) is 4.99. The first-order chi connectivity index (χ1) is 16.7.